The summed E-state index contributed by atoms with van der Waals surface area (Å²) >= 11 is 0. The molecule has 0 aliphatic carbocycles. The third-order valence-corrected chi connectivity index (χ3v) is 2.48. The summed E-state index contributed by atoms with van der Waals surface area (Å²) in [6.07, 6.45) is 2.83. The quantitative estimate of drug-likeness (QED) is 0.655. The molecule has 1 fully saturated rings. The van der Waals surface area contributed by atoms with Gasteiger partial charge in [0.25, 0.3) is 0 Å². The fourth-order valence-corrected chi connectivity index (χ4v) is 1.74. The van der Waals surface area contributed by atoms with Crippen LogP contribution in [0.5, 0.6) is 0 Å². The number of hydrogen-bond acceptors (Lipinski definition) is 3. The summed E-state index contributed by atoms with van der Waals surface area (Å²) in [4.78, 5) is 13.3. The monoisotopic (exact) mass is 201 g/mol. The van der Waals surface area contributed by atoms with Crippen molar-refractivity contribution >= 4 is 5.91 Å². The summed E-state index contributed by atoms with van der Waals surface area (Å²) in [5.74, 6) is 0.00926. The number of amides is 1. The highest BCUT2D eigenvalue weighted by Gasteiger charge is 2.27. The highest BCUT2D eigenvalue weighted by atomic mass is 16.5. The Morgan fingerprint density at radius 2 is 2.43 bits per heavy atom. The van der Waals surface area contributed by atoms with Gasteiger partial charge in [0.1, 0.15) is 6.61 Å². The molecule has 0 bridgehead atoms. The van der Waals surface area contributed by atoms with Gasteiger partial charge in [-0.05, 0) is 19.3 Å². The Labute approximate surface area is 84.8 Å². The van der Waals surface area contributed by atoms with Crippen LogP contribution in [0.25, 0.3) is 0 Å². The van der Waals surface area contributed by atoms with Crippen molar-refractivity contribution in [3.8, 4) is 0 Å². The Bertz CT molecular complexity index is 184. The van der Waals surface area contributed by atoms with Crippen LogP contribution < -0.4 is 0 Å². The minimum Gasteiger partial charge on any atom is -0.394 e. The number of carbonyl (C=O) groups excluding carboxylic acids is 1. The van der Waals surface area contributed by atoms with Crippen LogP contribution in [0.3, 0.4) is 0 Å². The lowest BCUT2D eigenvalue weighted by Crippen LogP contribution is -2.39. The van der Waals surface area contributed by atoms with Crippen molar-refractivity contribution < 1.29 is 14.6 Å². The van der Waals surface area contributed by atoms with E-state index in [0.717, 1.165) is 25.8 Å². The molecule has 1 amide bonds. The minimum atomic E-state index is 0.00926. The van der Waals surface area contributed by atoms with E-state index in [1.165, 1.54) is 0 Å². The van der Waals surface area contributed by atoms with Crippen LogP contribution in [-0.4, -0.2) is 48.3 Å². The van der Waals surface area contributed by atoms with E-state index >= 15 is 0 Å². The molecule has 4 nitrogen and oxygen atoms in total. The van der Waals surface area contributed by atoms with Crippen LogP contribution in [0.4, 0.5) is 0 Å². The first-order valence-electron chi connectivity index (χ1n) is 5.27. The van der Waals surface area contributed by atoms with E-state index in [1.807, 2.05) is 6.92 Å². The van der Waals surface area contributed by atoms with Crippen molar-refractivity contribution in [1.82, 2.24) is 4.90 Å². The van der Waals surface area contributed by atoms with Crippen molar-refractivity contribution in [2.24, 2.45) is 0 Å². The molecule has 1 saturated heterocycles. The molecule has 1 atom stereocenters. The van der Waals surface area contributed by atoms with Gasteiger partial charge in [-0.3, -0.25) is 4.79 Å². The maximum absolute atomic E-state index is 11.6. The molecule has 0 spiro atoms. The van der Waals surface area contributed by atoms with Crippen molar-refractivity contribution in [2.45, 2.75) is 32.2 Å². The summed E-state index contributed by atoms with van der Waals surface area (Å²) in [7, 11) is 0. The van der Waals surface area contributed by atoms with E-state index in [1.54, 1.807) is 4.90 Å². The molecule has 0 saturated carbocycles. The lowest BCUT2D eigenvalue weighted by molar-refractivity contribution is -0.137. The largest absolute Gasteiger partial charge is 0.394 e. The number of rotatable bonds is 5. The summed E-state index contributed by atoms with van der Waals surface area (Å²) in [5.41, 5.74) is 0. The fourth-order valence-electron chi connectivity index (χ4n) is 1.74. The highest BCUT2D eigenvalue weighted by molar-refractivity contribution is 5.78. The molecule has 0 aromatic rings. The number of aliphatic hydroxyl groups is 1. The van der Waals surface area contributed by atoms with Gasteiger partial charge in [-0.15, -0.1) is 0 Å². The van der Waals surface area contributed by atoms with Crippen LogP contribution in [0.1, 0.15) is 26.2 Å². The lowest BCUT2D eigenvalue weighted by Gasteiger charge is -2.22. The number of aliphatic hydroxyl groups excluding tert-OH is 1. The standard InChI is InChI=1S/C10H19NO3/c1-2-6-14-8-10(13)11-5-3-4-9(11)7-12/h9,12H,2-8H2,1H3/t9-/m1/s1. The molecule has 0 unspecified atom stereocenters. The molecule has 0 radical (unpaired) electrons. The average Bonchev–Trinajstić information content (AvgIpc) is 2.65. The average molecular weight is 201 g/mol. The van der Waals surface area contributed by atoms with Gasteiger partial charge >= 0.3 is 0 Å². The summed E-state index contributed by atoms with van der Waals surface area (Å²) < 4.78 is 5.18. The van der Waals surface area contributed by atoms with Crippen LogP contribution >= 0.6 is 0 Å². The van der Waals surface area contributed by atoms with Gasteiger partial charge in [-0.2, -0.15) is 0 Å². The van der Waals surface area contributed by atoms with Crippen LogP contribution in [0.15, 0.2) is 0 Å². The molecular formula is C10H19NO3. The van der Waals surface area contributed by atoms with E-state index in [0.29, 0.717) is 6.61 Å². The summed E-state index contributed by atoms with van der Waals surface area (Å²) in [6, 6.07) is 0.0210. The second-order valence-corrected chi connectivity index (χ2v) is 3.62. The minimum absolute atomic E-state index is 0.00926. The number of hydrogen-bond donors (Lipinski definition) is 1. The molecule has 14 heavy (non-hydrogen) atoms. The smallest absolute Gasteiger partial charge is 0.248 e. The van der Waals surface area contributed by atoms with Crippen LogP contribution in [-0.2, 0) is 9.53 Å². The molecular weight excluding hydrogens is 182 g/mol. The van der Waals surface area contributed by atoms with Crippen molar-refractivity contribution in [3.05, 3.63) is 0 Å². The molecule has 1 heterocycles. The predicted molar refractivity (Wildman–Crippen MR) is 52.9 cm³/mol. The van der Waals surface area contributed by atoms with E-state index in [9.17, 15) is 4.79 Å². The van der Waals surface area contributed by atoms with Crippen LogP contribution in [0.2, 0.25) is 0 Å². The number of ether oxygens (including phenoxy) is 1. The summed E-state index contributed by atoms with van der Waals surface area (Å²) in [5, 5.41) is 9.02. The zero-order chi connectivity index (χ0) is 10.4. The first kappa shape index (κ1) is 11.5. The molecule has 1 N–H and O–H groups in total. The Balaban J connectivity index is 2.28. The molecule has 1 rings (SSSR count). The number of nitrogens with zero attached hydrogens (tertiary/aromatic N) is 1. The Hall–Kier alpha value is -0.610. The highest BCUT2D eigenvalue weighted by Crippen LogP contribution is 2.16. The second kappa shape index (κ2) is 5.98. The fraction of sp³-hybridized carbons (Fsp3) is 0.900. The van der Waals surface area contributed by atoms with E-state index in [-0.39, 0.29) is 25.2 Å². The first-order valence-corrected chi connectivity index (χ1v) is 5.27. The predicted octanol–water partition coefficient (Wildman–Crippen LogP) is 0.396. The van der Waals surface area contributed by atoms with Gasteiger partial charge in [0.05, 0.1) is 12.6 Å². The maximum atomic E-state index is 11.6. The first-order chi connectivity index (χ1) is 6.79. The van der Waals surface area contributed by atoms with Gasteiger partial charge in [-0.1, -0.05) is 6.92 Å². The van der Waals surface area contributed by atoms with Gasteiger partial charge in [0.2, 0.25) is 5.91 Å². The Morgan fingerprint density at radius 3 is 3.07 bits per heavy atom. The van der Waals surface area contributed by atoms with Crippen molar-refractivity contribution in [1.29, 1.82) is 0 Å². The maximum Gasteiger partial charge on any atom is 0.248 e. The molecule has 1 aliphatic heterocycles. The Kier molecular flexibility index (Phi) is 4.90. The normalized spacial score (nSPS) is 21.6. The second-order valence-electron chi connectivity index (χ2n) is 3.62. The number of carbonyl (C=O) groups is 1. The van der Waals surface area contributed by atoms with Crippen molar-refractivity contribution in [3.63, 3.8) is 0 Å². The molecule has 4 heteroatoms. The zero-order valence-corrected chi connectivity index (χ0v) is 8.74. The Morgan fingerprint density at radius 1 is 1.64 bits per heavy atom. The zero-order valence-electron chi connectivity index (χ0n) is 8.74. The van der Waals surface area contributed by atoms with Gasteiger partial charge in [-0.25, -0.2) is 0 Å². The van der Waals surface area contributed by atoms with Crippen LogP contribution in [0, 0.1) is 0 Å². The third-order valence-electron chi connectivity index (χ3n) is 2.48. The van der Waals surface area contributed by atoms with Gasteiger partial charge < -0.3 is 14.7 Å². The molecule has 82 valence electrons. The molecule has 1 aliphatic rings. The van der Waals surface area contributed by atoms with E-state index in [2.05, 4.69) is 0 Å². The van der Waals surface area contributed by atoms with Gasteiger partial charge in [0, 0.05) is 13.2 Å². The van der Waals surface area contributed by atoms with Crippen molar-refractivity contribution in [2.75, 3.05) is 26.4 Å². The molecule has 0 aromatic heterocycles. The van der Waals surface area contributed by atoms with E-state index < -0.39 is 0 Å². The third kappa shape index (κ3) is 2.96. The topological polar surface area (TPSA) is 49.8 Å². The summed E-state index contributed by atoms with van der Waals surface area (Å²) in [6.45, 7) is 3.63. The molecule has 0 aromatic carbocycles. The SMILES string of the molecule is CCCOCC(=O)N1CCC[C@@H]1CO. The van der Waals surface area contributed by atoms with E-state index in [4.69, 9.17) is 9.84 Å². The lowest BCUT2D eigenvalue weighted by atomic mass is 10.2. The number of likely N-dealkylation sites (tertiary alicyclic amines) is 1. The van der Waals surface area contributed by atoms with Gasteiger partial charge in [0.15, 0.2) is 0 Å².